The molecule has 0 fully saturated rings. The third kappa shape index (κ3) is 2.23. The summed E-state index contributed by atoms with van der Waals surface area (Å²) in [7, 11) is 1.81. The summed E-state index contributed by atoms with van der Waals surface area (Å²) in [4.78, 5) is 18.7. The van der Waals surface area contributed by atoms with Crippen LogP contribution in [0.4, 0.5) is 11.4 Å². The molecule has 20 heavy (non-hydrogen) atoms. The van der Waals surface area contributed by atoms with Gasteiger partial charge < -0.3 is 4.90 Å². The Bertz CT molecular complexity index is 689. The Labute approximate surface area is 118 Å². The quantitative estimate of drug-likeness (QED) is 0.776. The van der Waals surface area contributed by atoms with Crippen LogP contribution in [0.25, 0.3) is 0 Å². The Morgan fingerprint density at radius 2 is 1.85 bits per heavy atom. The first-order valence-electron chi connectivity index (χ1n) is 6.65. The Kier molecular flexibility index (Phi) is 3.11. The summed E-state index contributed by atoms with van der Waals surface area (Å²) in [5, 5.41) is 0. The van der Waals surface area contributed by atoms with Crippen LogP contribution in [0.1, 0.15) is 17.5 Å². The number of fused-ring (bicyclic) bond motifs is 1. The second-order valence-electron chi connectivity index (χ2n) is 5.05. The van der Waals surface area contributed by atoms with E-state index in [9.17, 15) is 4.79 Å². The largest absolute Gasteiger partial charge is 0.313 e. The van der Waals surface area contributed by atoms with E-state index in [1.165, 1.54) is 0 Å². The van der Waals surface area contributed by atoms with Crippen molar-refractivity contribution in [3.63, 3.8) is 0 Å². The highest BCUT2D eigenvalue weighted by Gasteiger charge is 2.21. The highest BCUT2D eigenvalue weighted by atomic mass is 16.2. The summed E-state index contributed by atoms with van der Waals surface area (Å²) in [6.45, 7) is 2.02. The second kappa shape index (κ2) is 4.93. The van der Waals surface area contributed by atoms with E-state index in [1.807, 2.05) is 62.5 Å². The van der Waals surface area contributed by atoms with Gasteiger partial charge in [-0.2, -0.15) is 0 Å². The maximum absolute atomic E-state index is 12.3. The van der Waals surface area contributed by atoms with Crippen molar-refractivity contribution in [3.8, 4) is 0 Å². The Hall–Kier alpha value is -2.42. The number of rotatable bonds is 1. The van der Waals surface area contributed by atoms with E-state index < -0.39 is 0 Å². The van der Waals surface area contributed by atoms with Crippen molar-refractivity contribution in [2.75, 3.05) is 11.9 Å². The number of aliphatic imine (C=N–C) groups is 1. The zero-order chi connectivity index (χ0) is 14.1. The molecule has 2 aromatic rings. The highest BCUT2D eigenvalue weighted by molar-refractivity contribution is 6.17. The van der Waals surface area contributed by atoms with Gasteiger partial charge in [0.05, 0.1) is 23.5 Å². The van der Waals surface area contributed by atoms with Crippen molar-refractivity contribution >= 4 is 23.0 Å². The number of nitrogens with zero attached hydrogens (tertiary/aromatic N) is 2. The summed E-state index contributed by atoms with van der Waals surface area (Å²) in [6.07, 6.45) is 0.328. The van der Waals surface area contributed by atoms with Crippen LogP contribution in [-0.4, -0.2) is 18.7 Å². The maximum atomic E-state index is 12.3. The first-order valence-corrected chi connectivity index (χ1v) is 6.65. The molecule has 3 nitrogen and oxygen atoms in total. The van der Waals surface area contributed by atoms with Gasteiger partial charge >= 0.3 is 0 Å². The van der Waals surface area contributed by atoms with E-state index >= 15 is 0 Å². The number of hydrogen-bond donors (Lipinski definition) is 0. The average molecular weight is 264 g/mol. The van der Waals surface area contributed by atoms with Gasteiger partial charge in [-0.25, -0.2) is 0 Å². The van der Waals surface area contributed by atoms with Crippen molar-refractivity contribution in [2.24, 2.45) is 4.99 Å². The molecule has 1 aliphatic rings. The highest BCUT2D eigenvalue weighted by Crippen LogP contribution is 2.32. The monoisotopic (exact) mass is 264 g/mol. The third-order valence-electron chi connectivity index (χ3n) is 3.55. The molecule has 2 aromatic carbocycles. The molecule has 0 radical (unpaired) electrons. The minimum Gasteiger partial charge on any atom is -0.313 e. The predicted molar refractivity (Wildman–Crippen MR) is 81.8 cm³/mol. The standard InChI is InChI=1S/C17H16N2O/c1-12-8-9-14-16(10-12)19(2)17(20)11-15(18-14)13-6-4-3-5-7-13/h3-10H,11H2,1-2H3. The Morgan fingerprint density at radius 1 is 1.10 bits per heavy atom. The van der Waals surface area contributed by atoms with Gasteiger partial charge in [-0.3, -0.25) is 9.79 Å². The number of aryl methyl sites for hydroxylation is 1. The second-order valence-corrected chi connectivity index (χ2v) is 5.05. The van der Waals surface area contributed by atoms with Gasteiger partial charge in [0.25, 0.3) is 0 Å². The van der Waals surface area contributed by atoms with Gasteiger partial charge in [0.2, 0.25) is 5.91 Å². The lowest BCUT2D eigenvalue weighted by Crippen LogP contribution is -2.27. The molecule has 0 bridgehead atoms. The smallest absolute Gasteiger partial charge is 0.232 e. The van der Waals surface area contributed by atoms with E-state index in [-0.39, 0.29) is 5.91 Å². The molecule has 1 heterocycles. The minimum absolute atomic E-state index is 0.0666. The number of anilines is 1. The molecule has 0 aromatic heterocycles. The van der Waals surface area contributed by atoms with Gasteiger partial charge in [-0.05, 0) is 30.2 Å². The molecular formula is C17H16N2O. The lowest BCUT2D eigenvalue weighted by atomic mass is 10.1. The van der Waals surface area contributed by atoms with Crippen molar-refractivity contribution in [3.05, 3.63) is 59.7 Å². The fourth-order valence-corrected chi connectivity index (χ4v) is 2.37. The number of carbonyl (C=O) groups is 1. The number of hydrogen-bond acceptors (Lipinski definition) is 2. The van der Waals surface area contributed by atoms with Crippen LogP contribution in [0.3, 0.4) is 0 Å². The van der Waals surface area contributed by atoms with Gasteiger partial charge in [0, 0.05) is 7.05 Å². The average Bonchev–Trinajstić information content (AvgIpc) is 2.59. The minimum atomic E-state index is 0.0666. The van der Waals surface area contributed by atoms with Crippen LogP contribution >= 0.6 is 0 Å². The number of benzene rings is 2. The number of carbonyl (C=O) groups excluding carboxylic acids is 1. The fraction of sp³-hybridized carbons (Fsp3) is 0.176. The Morgan fingerprint density at radius 3 is 2.60 bits per heavy atom. The van der Waals surface area contributed by atoms with Crippen molar-refractivity contribution in [1.82, 2.24) is 0 Å². The van der Waals surface area contributed by atoms with Crippen molar-refractivity contribution in [1.29, 1.82) is 0 Å². The molecule has 0 spiro atoms. The molecule has 0 unspecified atom stereocenters. The molecule has 0 atom stereocenters. The predicted octanol–water partition coefficient (Wildman–Crippen LogP) is 3.48. The molecule has 1 amide bonds. The molecule has 0 saturated heterocycles. The lowest BCUT2D eigenvalue weighted by Gasteiger charge is -2.16. The van der Waals surface area contributed by atoms with Gasteiger partial charge in [0.15, 0.2) is 0 Å². The van der Waals surface area contributed by atoms with E-state index in [2.05, 4.69) is 0 Å². The zero-order valence-electron chi connectivity index (χ0n) is 11.6. The summed E-state index contributed by atoms with van der Waals surface area (Å²) >= 11 is 0. The van der Waals surface area contributed by atoms with Gasteiger partial charge in [-0.15, -0.1) is 0 Å². The van der Waals surface area contributed by atoms with Gasteiger partial charge in [0.1, 0.15) is 0 Å². The van der Waals surface area contributed by atoms with Gasteiger partial charge in [-0.1, -0.05) is 36.4 Å². The molecule has 0 saturated carbocycles. The van der Waals surface area contributed by atoms with Crippen LogP contribution in [0.15, 0.2) is 53.5 Å². The van der Waals surface area contributed by atoms with E-state index in [4.69, 9.17) is 4.99 Å². The molecule has 3 rings (SSSR count). The molecule has 0 N–H and O–H groups in total. The molecular weight excluding hydrogens is 248 g/mol. The topological polar surface area (TPSA) is 32.7 Å². The molecule has 1 aliphatic heterocycles. The molecule has 3 heteroatoms. The van der Waals surface area contributed by atoms with Crippen LogP contribution in [-0.2, 0) is 4.79 Å². The molecule has 0 aliphatic carbocycles. The Balaban J connectivity index is 2.15. The van der Waals surface area contributed by atoms with E-state index in [0.717, 1.165) is 28.2 Å². The van der Waals surface area contributed by atoms with Crippen LogP contribution < -0.4 is 4.90 Å². The fourth-order valence-electron chi connectivity index (χ4n) is 2.37. The van der Waals surface area contributed by atoms with E-state index in [0.29, 0.717) is 6.42 Å². The van der Waals surface area contributed by atoms with Crippen LogP contribution in [0, 0.1) is 6.92 Å². The number of amides is 1. The first kappa shape index (κ1) is 12.6. The maximum Gasteiger partial charge on any atom is 0.232 e. The third-order valence-corrected chi connectivity index (χ3v) is 3.55. The van der Waals surface area contributed by atoms with Crippen molar-refractivity contribution < 1.29 is 4.79 Å². The van der Waals surface area contributed by atoms with Crippen LogP contribution in [0.2, 0.25) is 0 Å². The van der Waals surface area contributed by atoms with E-state index in [1.54, 1.807) is 4.90 Å². The molecule has 100 valence electrons. The normalized spacial score (nSPS) is 14.6. The zero-order valence-corrected chi connectivity index (χ0v) is 11.6. The lowest BCUT2D eigenvalue weighted by molar-refractivity contribution is -0.117. The summed E-state index contributed by atoms with van der Waals surface area (Å²) in [5.41, 5.74) is 4.68. The SMILES string of the molecule is Cc1ccc2c(c1)N(C)C(=O)CC(c1ccccc1)=N2. The summed E-state index contributed by atoms with van der Waals surface area (Å²) in [5.74, 6) is 0.0666. The van der Waals surface area contributed by atoms with Crippen molar-refractivity contribution in [2.45, 2.75) is 13.3 Å². The summed E-state index contributed by atoms with van der Waals surface area (Å²) < 4.78 is 0. The first-order chi connectivity index (χ1) is 9.65. The summed E-state index contributed by atoms with van der Waals surface area (Å²) in [6, 6.07) is 15.9. The van der Waals surface area contributed by atoms with Crippen LogP contribution in [0.5, 0.6) is 0 Å².